The second kappa shape index (κ2) is 3.97. The summed E-state index contributed by atoms with van der Waals surface area (Å²) in [6.07, 6.45) is 1.24. The maximum absolute atomic E-state index is 10.4. The van der Waals surface area contributed by atoms with Crippen molar-refractivity contribution in [3.63, 3.8) is 0 Å². The molecule has 0 radical (unpaired) electrons. The summed E-state index contributed by atoms with van der Waals surface area (Å²) in [4.78, 5) is 14.1. The van der Waals surface area contributed by atoms with Crippen LogP contribution in [0.15, 0.2) is 23.4 Å². The van der Waals surface area contributed by atoms with E-state index in [1.165, 1.54) is 18.3 Å². The van der Waals surface area contributed by atoms with Crippen LogP contribution in [0.5, 0.6) is 0 Å². The van der Waals surface area contributed by atoms with Crippen molar-refractivity contribution in [2.75, 3.05) is 0 Å². The summed E-state index contributed by atoms with van der Waals surface area (Å²) in [5, 5.41) is 12.1. The van der Waals surface area contributed by atoms with Gasteiger partial charge in [0.05, 0.1) is 0 Å². The van der Waals surface area contributed by atoms with Crippen molar-refractivity contribution >= 4 is 11.8 Å². The van der Waals surface area contributed by atoms with Crippen molar-refractivity contribution in [3.05, 3.63) is 23.9 Å². The summed E-state index contributed by atoms with van der Waals surface area (Å²) in [7, 11) is 0. The molecule has 0 unspecified atom stereocenters. The fraction of sp³-hybridized carbons (Fsp3) is 0. The van der Waals surface area contributed by atoms with Crippen LogP contribution in [-0.2, 0) is 18.7 Å². The number of rotatable bonds is 2. The molecule has 1 N–H and O–H groups in total. The molecule has 0 aliphatic rings. The van der Waals surface area contributed by atoms with E-state index in [0.717, 1.165) is 0 Å². The zero-order chi connectivity index (χ0) is 8.97. The first kappa shape index (κ1) is 8.87. The second-order valence-corrected chi connectivity index (χ2v) is 2.26. The van der Waals surface area contributed by atoms with E-state index < -0.39 is 5.97 Å². The third-order valence-corrected chi connectivity index (χ3v) is 1.32. The molecule has 0 atom stereocenters. The second-order valence-electron chi connectivity index (χ2n) is 1.89. The van der Waals surface area contributed by atoms with E-state index in [2.05, 4.69) is 13.5 Å². The van der Waals surface area contributed by atoms with Crippen LogP contribution in [0.3, 0.4) is 0 Å². The Labute approximate surface area is 78.2 Å². The molecule has 1 aromatic heterocycles. The van der Waals surface area contributed by atoms with Gasteiger partial charge in [-0.1, -0.05) is 0 Å². The van der Waals surface area contributed by atoms with Crippen LogP contribution in [0.25, 0.3) is 0 Å². The van der Waals surface area contributed by atoms with E-state index in [1.54, 1.807) is 18.7 Å². The summed E-state index contributed by atoms with van der Waals surface area (Å²) in [6, 6.07) is 2.92. The van der Waals surface area contributed by atoms with Crippen molar-refractivity contribution in [2.24, 2.45) is 5.11 Å². The number of aromatic carboxylic acids is 1. The first-order valence-corrected chi connectivity index (χ1v) is 3.78. The van der Waals surface area contributed by atoms with Crippen molar-refractivity contribution in [3.8, 4) is 0 Å². The van der Waals surface area contributed by atoms with Gasteiger partial charge in [0.25, 0.3) is 0 Å². The molecule has 0 amide bonds. The zero-order valence-corrected chi connectivity index (χ0v) is 7.67. The number of hydrogen-bond donors (Lipinski definition) is 1. The van der Waals surface area contributed by atoms with E-state index in [9.17, 15) is 4.79 Å². The molecule has 1 rings (SSSR count). The Bertz CT molecular complexity index is 321. The van der Waals surface area contributed by atoms with Crippen molar-refractivity contribution < 1.29 is 28.6 Å². The van der Waals surface area contributed by atoms with Crippen LogP contribution in [0.2, 0.25) is 0 Å². The molecule has 0 saturated carbocycles. The monoisotopic (exact) mass is 247 g/mol. The molecule has 0 saturated heterocycles. The number of carbonyl (C=O) groups is 1. The Kier molecular flexibility index (Phi) is 2.94. The average molecular weight is 248 g/mol. The molecule has 1 heterocycles. The van der Waals surface area contributed by atoms with Gasteiger partial charge >= 0.3 is 77.8 Å². The molecular formula is C6H4N3O2Tc+. The van der Waals surface area contributed by atoms with Crippen molar-refractivity contribution in [2.45, 2.75) is 0 Å². The number of carboxylic acids is 1. The topological polar surface area (TPSA) is 76.7 Å². The molecular weight excluding hydrogens is 244 g/mol. The first-order valence-electron chi connectivity index (χ1n) is 2.95. The van der Waals surface area contributed by atoms with E-state index in [1.807, 2.05) is 0 Å². The van der Waals surface area contributed by atoms with Gasteiger partial charge in [-0.2, -0.15) is 0 Å². The minimum absolute atomic E-state index is 0.141. The van der Waals surface area contributed by atoms with Gasteiger partial charge in [0.2, 0.25) is 0 Å². The van der Waals surface area contributed by atoms with Gasteiger partial charge in [-0.05, 0) is 0 Å². The summed E-state index contributed by atoms with van der Waals surface area (Å²) >= 11 is 1.72. The molecule has 0 bridgehead atoms. The Hall–Kier alpha value is -1.22. The fourth-order valence-electron chi connectivity index (χ4n) is 0.610. The van der Waals surface area contributed by atoms with Crippen LogP contribution in [0.1, 0.15) is 10.4 Å². The molecule has 0 aliphatic carbocycles. The Morgan fingerprint density at radius 3 is 2.83 bits per heavy atom. The predicted octanol–water partition coefficient (Wildman–Crippen LogP) is 0.661. The number of hydrogen-bond acceptors (Lipinski definition) is 3. The first-order chi connectivity index (χ1) is 5.74. The van der Waals surface area contributed by atoms with E-state index >= 15 is 0 Å². The SMILES string of the molecule is O=C(O)c1ccc(N=[N+]=[Tc])nc1. The van der Waals surface area contributed by atoms with Gasteiger partial charge in [0.15, 0.2) is 0 Å². The van der Waals surface area contributed by atoms with Gasteiger partial charge in [0, 0.05) is 0 Å². The normalized spacial score (nSPS) is 8.67. The summed E-state index contributed by atoms with van der Waals surface area (Å²) in [6.45, 7) is 0. The van der Waals surface area contributed by atoms with E-state index in [-0.39, 0.29) is 5.56 Å². The van der Waals surface area contributed by atoms with Crippen LogP contribution in [0.4, 0.5) is 5.82 Å². The van der Waals surface area contributed by atoms with Gasteiger partial charge in [0.1, 0.15) is 0 Å². The van der Waals surface area contributed by atoms with Crippen molar-refractivity contribution in [1.82, 2.24) is 8.39 Å². The molecule has 0 aliphatic heterocycles. The molecule has 5 nitrogen and oxygen atoms in total. The Balaban J connectivity index is 3.00. The van der Waals surface area contributed by atoms with Crippen LogP contribution < -0.4 is 3.41 Å². The van der Waals surface area contributed by atoms with Gasteiger partial charge < -0.3 is 0 Å². The van der Waals surface area contributed by atoms with Crippen molar-refractivity contribution in [1.29, 1.82) is 0 Å². The number of pyridine rings is 1. The predicted molar refractivity (Wildman–Crippen MR) is 35.4 cm³/mol. The number of nitrogens with zero attached hydrogens (tertiary/aromatic N) is 3. The molecule has 0 spiro atoms. The van der Waals surface area contributed by atoms with Gasteiger partial charge in [-0.15, -0.1) is 0 Å². The molecule has 61 valence electrons. The van der Waals surface area contributed by atoms with Gasteiger partial charge in [-0.25, -0.2) is 0 Å². The minimum atomic E-state index is -1.000. The Morgan fingerprint density at radius 1 is 1.67 bits per heavy atom. The third-order valence-electron chi connectivity index (χ3n) is 1.14. The fourth-order valence-corrected chi connectivity index (χ4v) is 0.801. The summed E-state index contributed by atoms with van der Waals surface area (Å²) < 4.78 is 3.47. The van der Waals surface area contributed by atoms with Gasteiger partial charge in [-0.3, -0.25) is 0 Å². The summed E-state index contributed by atoms with van der Waals surface area (Å²) in [5.41, 5.74) is 0.141. The van der Waals surface area contributed by atoms with Crippen LogP contribution >= 0.6 is 0 Å². The third kappa shape index (κ3) is 2.13. The standard InChI is InChI=1S/C6H4N3O2.Tc/c7-9-5-2-1-4(3-8-5)6(10)11;/h1-3H,(H,10,11);/q-1;+2. The molecule has 0 aromatic carbocycles. The molecule has 1 aromatic rings. The molecule has 0 fully saturated rings. The molecule has 6 heteroatoms. The van der Waals surface area contributed by atoms with Crippen LogP contribution in [-0.4, -0.2) is 16.1 Å². The number of aromatic nitrogens is 1. The van der Waals surface area contributed by atoms with Crippen LogP contribution in [0, 0.1) is 0 Å². The average Bonchev–Trinajstić information content (AvgIpc) is 2.06. The summed E-state index contributed by atoms with van der Waals surface area (Å²) in [5.74, 6) is -0.602. The number of carboxylic acid groups (broad SMARTS) is 1. The molecule has 12 heavy (non-hydrogen) atoms. The Morgan fingerprint density at radius 2 is 2.42 bits per heavy atom. The maximum atomic E-state index is 10.4. The zero-order valence-electron chi connectivity index (χ0n) is 5.81. The van der Waals surface area contributed by atoms with E-state index in [4.69, 9.17) is 5.11 Å². The van der Waals surface area contributed by atoms with E-state index in [0.29, 0.717) is 5.82 Å². The quantitative estimate of drug-likeness (QED) is 0.617.